The van der Waals surface area contributed by atoms with Crippen molar-refractivity contribution in [1.82, 2.24) is 9.88 Å². The third kappa shape index (κ3) is 4.45. The number of methoxy groups -OCH3 is 1. The minimum atomic E-state index is -0.653. The molecule has 0 saturated carbocycles. The molecule has 6 nitrogen and oxygen atoms in total. The standard InChI is InChI=1S/C18H26N2O4/c1-23-17-5-2-13(11-19-17)10-15-3-4-16(24-15)12-20-8-6-14(7-9-20)18(21)22/h2,5,11,14-16H,3-4,6-10,12H2,1H3,(H,21,22)/t15-,16+/m0/s1. The number of aliphatic carboxylic acids is 1. The summed E-state index contributed by atoms with van der Waals surface area (Å²) in [5.74, 6) is -0.185. The van der Waals surface area contributed by atoms with Crippen LogP contribution in [0, 0.1) is 5.92 Å². The predicted octanol–water partition coefficient (Wildman–Crippen LogP) is 1.98. The molecule has 3 rings (SSSR count). The summed E-state index contributed by atoms with van der Waals surface area (Å²) in [5, 5.41) is 9.06. The number of carboxylic acid groups (broad SMARTS) is 1. The van der Waals surface area contributed by atoms with Gasteiger partial charge in [-0.15, -0.1) is 0 Å². The zero-order valence-electron chi connectivity index (χ0n) is 14.2. The van der Waals surface area contributed by atoms with Crippen molar-refractivity contribution in [1.29, 1.82) is 0 Å². The molecule has 1 aromatic heterocycles. The number of hydrogen-bond acceptors (Lipinski definition) is 5. The maximum atomic E-state index is 11.0. The van der Waals surface area contributed by atoms with E-state index in [1.807, 2.05) is 18.3 Å². The van der Waals surface area contributed by atoms with Gasteiger partial charge in [0.2, 0.25) is 5.88 Å². The van der Waals surface area contributed by atoms with Crippen molar-refractivity contribution in [2.24, 2.45) is 5.92 Å². The Labute approximate surface area is 142 Å². The molecule has 2 saturated heterocycles. The maximum Gasteiger partial charge on any atom is 0.306 e. The Kier molecular flexibility index (Phi) is 5.68. The van der Waals surface area contributed by atoms with Crippen LogP contribution in [0.15, 0.2) is 18.3 Å². The minimum Gasteiger partial charge on any atom is -0.481 e. The lowest BCUT2D eigenvalue weighted by Gasteiger charge is -2.31. The number of carbonyl (C=O) groups is 1. The Morgan fingerprint density at radius 1 is 1.29 bits per heavy atom. The van der Waals surface area contributed by atoms with E-state index in [1.54, 1.807) is 7.11 Å². The topological polar surface area (TPSA) is 71.9 Å². The molecule has 2 atom stereocenters. The second kappa shape index (κ2) is 7.94. The summed E-state index contributed by atoms with van der Waals surface area (Å²) in [4.78, 5) is 17.6. The zero-order valence-corrected chi connectivity index (χ0v) is 14.2. The van der Waals surface area contributed by atoms with E-state index in [0.29, 0.717) is 5.88 Å². The van der Waals surface area contributed by atoms with Crippen LogP contribution >= 0.6 is 0 Å². The largest absolute Gasteiger partial charge is 0.481 e. The Morgan fingerprint density at radius 3 is 2.67 bits per heavy atom. The first-order valence-electron chi connectivity index (χ1n) is 8.73. The van der Waals surface area contributed by atoms with Gasteiger partial charge in [-0.3, -0.25) is 4.79 Å². The molecule has 1 N–H and O–H groups in total. The molecule has 0 aliphatic carbocycles. The molecule has 0 unspecified atom stereocenters. The third-order valence-electron chi connectivity index (χ3n) is 5.06. The van der Waals surface area contributed by atoms with E-state index in [-0.39, 0.29) is 18.1 Å². The number of rotatable bonds is 6. The Morgan fingerprint density at radius 2 is 2.04 bits per heavy atom. The van der Waals surface area contributed by atoms with E-state index < -0.39 is 5.97 Å². The highest BCUT2D eigenvalue weighted by Gasteiger charge is 2.30. The van der Waals surface area contributed by atoms with Gasteiger partial charge in [0, 0.05) is 25.2 Å². The Hall–Kier alpha value is -1.66. The second-order valence-corrected chi connectivity index (χ2v) is 6.78. The van der Waals surface area contributed by atoms with E-state index in [1.165, 1.54) is 5.56 Å². The van der Waals surface area contributed by atoms with Crippen LogP contribution in [0.4, 0.5) is 0 Å². The number of hydrogen-bond donors (Lipinski definition) is 1. The highest BCUT2D eigenvalue weighted by molar-refractivity contribution is 5.70. The van der Waals surface area contributed by atoms with Crippen molar-refractivity contribution in [3.8, 4) is 5.88 Å². The predicted molar refractivity (Wildman–Crippen MR) is 89.2 cm³/mol. The van der Waals surface area contributed by atoms with Crippen molar-refractivity contribution in [2.75, 3.05) is 26.7 Å². The summed E-state index contributed by atoms with van der Waals surface area (Å²) in [7, 11) is 1.62. The van der Waals surface area contributed by atoms with Crippen molar-refractivity contribution in [3.05, 3.63) is 23.9 Å². The van der Waals surface area contributed by atoms with Crippen LogP contribution in [-0.4, -0.2) is 59.9 Å². The number of aromatic nitrogens is 1. The fourth-order valence-electron chi connectivity index (χ4n) is 3.63. The molecule has 0 radical (unpaired) electrons. The van der Waals surface area contributed by atoms with Crippen LogP contribution in [0.25, 0.3) is 0 Å². The molecular formula is C18H26N2O4. The molecule has 0 bridgehead atoms. The van der Waals surface area contributed by atoms with Gasteiger partial charge >= 0.3 is 5.97 Å². The average Bonchev–Trinajstić information content (AvgIpc) is 3.03. The van der Waals surface area contributed by atoms with Gasteiger partial charge in [0.1, 0.15) is 0 Å². The number of nitrogens with zero attached hydrogens (tertiary/aromatic N) is 2. The van der Waals surface area contributed by atoms with E-state index in [0.717, 1.165) is 51.7 Å². The molecule has 0 amide bonds. The lowest BCUT2D eigenvalue weighted by molar-refractivity contribution is -0.143. The fourth-order valence-corrected chi connectivity index (χ4v) is 3.63. The van der Waals surface area contributed by atoms with Crippen LogP contribution in [0.1, 0.15) is 31.2 Å². The molecule has 6 heteroatoms. The molecule has 2 aliphatic heterocycles. The average molecular weight is 334 g/mol. The minimum absolute atomic E-state index is 0.166. The van der Waals surface area contributed by atoms with Gasteiger partial charge in [0.15, 0.2) is 0 Å². The molecule has 0 aromatic carbocycles. The van der Waals surface area contributed by atoms with Crippen molar-refractivity contribution in [3.63, 3.8) is 0 Å². The highest BCUT2D eigenvalue weighted by atomic mass is 16.5. The van der Waals surface area contributed by atoms with Crippen LogP contribution in [-0.2, 0) is 16.0 Å². The monoisotopic (exact) mass is 334 g/mol. The quantitative estimate of drug-likeness (QED) is 0.858. The molecule has 2 aliphatic rings. The lowest BCUT2D eigenvalue weighted by atomic mass is 9.97. The van der Waals surface area contributed by atoms with Crippen molar-refractivity contribution >= 4 is 5.97 Å². The molecule has 3 heterocycles. The number of piperidine rings is 1. The van der Waals surface area contributed by atoms with E-state index >= 15 is 0 Å². The van der Waals surface area contributed by atoms with Crippen molar-refractivity contribution in [2.45, 2.75) is 44.3 Å². The SMILES string of the molecule is COc1ccc(C[C@@H]2CC[C@H](CN3CCC(C(=O)O)CC3)O2)cn1. The smallest absolute Gasteiger partial charge is 0.306 e. The van der Waals surface area contributed by atoms with Crippen LogP contribution < -0.4 is 4.74 Å². The molecular weight excluding hydrogens is 308 g/mol. The molecule has 132 valence electrons. The molecule has 24 heavy (non-hydrogen) atoms. The first-order chi connectivity index (χ1) is 11.6. The first kappa shape index (κ1) is 17.2. The Balaban J connectivity index is 1.41. The van der Waals surface area contributed by atoms with Crippen LogP contribution in [0.2, 0.25) is 0 Å². The van der Waals surface area contributed by atoms with Gasteiger partial charge in [-0.25, -0.2) is 4.98 Å². The Bertz CT molecular complexity index is 540. The number of carboxylic acids is 1. The number of likely N-dealkylation sites (tertiary alicyclic amines) is 1. The van der Waals surface area contributed by atoms with Gasteiger partial charge < -0.3 is 19.5 Å². The lowest BCUT2D eigenvalue weighted by Crippen LogP contribution is -2.40. The molecule has 1 aromatic rings. The summed E-state index contributed by atoms with van der Waals surface area (Å²) in [6.45, 7) is 2.65. The van der Waals surface area contributed by atoms with Crippen LogP contribution in [0.3, 0.4) is 0 Å². The third-order valence-corrected chi connectivity index (χ3v) is 5.06. The van der Waals surface area contributed by atoms with Crippen molar-refractivity contribution < 1.29 is 19.4 Å². The molecule has 2 fully saturated rings. The molecule has 0 spiro atoms. The fraction of sp³-hybridized carbons (Fsp3) is 0.667. The normalized spacial score (nSPS) is 25.7. The number of ether oxygens (including phenoxy) is 2. The number of pyridine rings is 1. The van der Waals surface area contributed by atoms with E-state index in [2.05, 4.69) is 9.88 Å². The first-order valence-corrected chi connectivity index (χ1v) is 8.73. The maximum absolute atomic E-state index is 11.0. The van der Waals surface area contributed by atoms with Gasteiger partial charge in [0.05, 0.1) is 25.2 Å². The second-order valence-electron chi connectivity index (χ2n) is 6.78. The van der Waals surface area contributed by atoms with E-state index in [9.17, 15) is 4.79 Å². The summed E-state index contributed by atoms with van der Waals surface area (Å²) in [6.07, 6.45) is 6.91. The highest BCUT2D eigenvalue weighted by Crippen LogP contribution is 2.25. The summed E-state index contributed by atoms with van der Waals surface area (Å²) in [6, 6.07) is 3.92. The van der Waals surface area contributed by atoms with Crippen LogP contribution in [0.5, 0.6) is 5.88 Å². The van der Waals surface area contributed by atoms with Gasteiger partial charge in [-0.2, -0.15) is 0 Å². The van der Waals surface area contributed by atoms with Gasteiger partial charge in [-0.05, 0) is 44.3 Å². The zero-order chi connectivity index (χ0) is 16.9. The summed E-state index contributed by atoms with van der Waals surface area (Å²) in [5.41, 5.74) is 1.17. The van der Waals surface area contributed by atoms with E-state index in [4.69, 9.17) is 14.6 Å². The van der Waals surface area contributed by atoms with Gasteiger partial charge in [-0.1, -0.05) is 6.07 Å². The van der Waals surface area contributed by atoms with Gasteiger partial charge in [0.25, 0.3) is 0 Å². The summed E-state index contributed by atoms with van der Waals surface area (Å²) >= 11 is 0. The summed E-state index contributed by atoms with van der Waals surface area (Å²) < 4.78 is 11.3.